The molecule has 0 aliphatic carbocycles. The summed E-state index contributed by atoms with van der Waals surface area (Å²) in [5, 5.41) is 5.24. The Kier molecular flexibility index (Phi) is 9.23. The Morgan fingerprint density at radius 2 is 2.00 bits per heavy atom. The van der Waals surface area contributed by atoms with Crippen molar-refractivity contribution in [2.24, 2.45) is 0 Å². The van der Waals surface area contributed by atoms with Crippen molar-refractivity contribution in [3.05, 3.63) is 0 Å². The highest BCUT2D eigenvalue weighted by Crippen LogP contribution is 1.91. The Hall–Kier alpha value is -0.0100. The minimum absolute atomic E-state index is 0.183. The molecule has 0 aliphatic heterocycles. The summed E-state index contributed by atoms with van der Waals surface area (Å²) in [6.07, 6.45) is 0.304. The molecule has 7 heteroatoms. The zero-order chi connectivity index (χ0) is 11.7. The zero-order valence-electron chi connectivity index (χ0n) is 8.32. The largest absolute Gasteiger partial charge is 0.350 e. The standard InChI is InChI=1S/C8H16N2O2S3/c11-7(1-3-13)10-6(5-15)8(12)9-2-4-14/h6,13-15H,1-5H2,(H,9,12)(H,10,11)/p+1. The van der Waals surface area contributed by atoms with E-state index in [0.717, 1.165) is 0 Å². The molecule has 15 heavy (non-hydrogen) atoms. The van der Waals surface area contributed by atoms with Crippen molar-refractivity contribution in [3.8, 4) is 0 Å². The van der Waals surface area contributed by atoms with E-state index in [4.69, 9.17) is 0 Å². The van der Waals surface area contributed by atoms with Crippen LogP contribution < -0.4 is 10.6 Å². The van der Waals surface area contributed by atoms with E-state index in [1.165, 1.54) is 0 Å². The Morgan fingerprint density at radius 1 is 1.33 bits per heavy atom. The molecule has 88 valence electrons. The number of carbonyl (C=O) groups excluding carboxylic acids is 2. The average Bonchev–Trinajstić information content (AvgIpc) is 2.22. The highest BCUT2D eigenvalue weighted by atomic mass is 32.1. The molecule has 0 aromatic carbocycles. The molecule has 0 fully saturated rings. The van der Waals surface area contributed by atoms with Crippen LogP contribution in [0.5, 0.6) is 0 Å². The number of rotatable bonds is 7. The average molecular weight is 269 g/mol. The third-order valence-electron chi connectivity index (χ3n) is 1.60. The van der Waals surface area contributed by atoms with Crippen LogP contribution >= 0.6 is 25.3 Å². The number of hydrogen-bond acceptors (Lipinski definition) is 4. The maximum absolute atomic E-state index is 11.5. The molecule has 2 amide bonds. The molecule has 0 saturated carbocycles. The predicted octanol–water partition coefficient (Wildman–Crippen LogP) is -1.15. The lowest BCUT2D eigenvalue weighted by atomic mass is 10.3. The maximum atomic E-state index is 11.5. The zero-order valence-corrected chi connectivity index (χ0v) is 11.1. The fraction of sp³-hybridized carbons (Fsp3) is 0.750. The van der Waals surface area contributed by atoms with Crippen LogP contribution in [0.15, 0.2) is 0 Å². The molecule has 1 atom stereocenters. The second-order valence-electron chi connectivity index (χ2n) is 2.82. The Labute approximate surface area is 106 Å². The number of hydrogen-bond donors (Lipinski definition) is 4. The van der Waals surface area contributed by atoms with Crippen LogP contribution in [0.25, 0.3) is 0 Å². The number of amides is 2. The molecule has 0 rings (SSSR count). The summed E-state index contributed by atoms with van der Waals surface area (Å²) < 4.78 is 0. The number of carbonyl (C=O) groups is 2. The van der Waals surface area contributed by atoms with Gasteiger partial charge in [0.25, 0.3) is 0 Å². The van der Waals surface area contributed by atoms with Gasteiger partial charge in [0.05, 0.1) is 6.54 Å². The lowest BCUT2D eigenvalue weighted by molar-refractivity contribution is -0.128. The number of thiol groups is 2. The first-order chi connectivity index (χ1) is 7.15. The van der Waals surface area contributed by atoms with Crippen LogP contribution in [0.3, 0.4) is 0 Å². The molecule has 4 nitrogen and oxygen atoms in total. The third kappa shape index (κ3) is 6.97. The topological polar surface area (TPSA) is 58.2 Å². The summed E-state index contributed by atoms with van der Waals surface area (Å²) in [5.41, 5.74) is 0. The van der Waals surface area contributed by atoms with Gasteiger partial charge in [-0.05, 0) is 18.4 Å². The van der Waals surface area contributed by atoms with Crippen LogP contribution in [0.1, 0.15) is 6.42 Å². The molecular formula is C8H17N2O2S3+. The van der Waals surface area contributed by atoms with Gasteiger partial charge in [0.15, 0.2) is 0 Å². The second-order valence-corrected chi connectivity index (χ2v) is 4.13. The van der Waals surface area contributed by atoms with Crippen molar-refractivity contribution >= 4 is 49.7 Å². The first kappa shape index (κ1) is 15.0. The van der Waals surface area contributed by atoms with Crippen molar-refractivity contribution in [1.29, 1.82) is 0 Å². The lowest BCUT2D eigenvalue weighted by Gasteiger charge is -2.15. The molecule has 1 unspecified atom stereocenters. The van der Waals surface area contributed by atoms with E-state index in [-0.39, 0.29) is 17.6 Å². The molecule has 0 aromatic rings. The van der Waals surface area contributed by atoms with Crippen LogP contribution in [0.2, 0.25) is 0 Å². The summed E-state index contributed by atoms with van der Waals surface area (Å²) in [4.78, 5) is 22.7. The van der Waals surface area contributed by atoms with Gasteiger partial charge in [-0.25, -0.2) is 0 Å². The first-order valence-electron chi connectivity index (χ1n) is 4.59. The maximum Gasteiger partial charge on any atom is 0.243 e. The Bertz CT molecular complexity index is 214. The monoisotopic (exact) mass is 269 g/mol. The molecule has 0 bridgehead atoms. The van der Waals surface area contributed by atoms with E-state index < -0.39 is 6.04 Å². The second kappa shape index (κ2) is 9.23. The molecule has 0 heterocycles. The minimum atomic E-state index is -0.570. The molecule has 2 N–H and O–H groups in total. The summed E-state index contributed by atoms with van der Waals surface area (Å²) in [6.45, 7) is 0.530. The van der Waals surface area contributed by atoms with Gasteiger partial charge in [-0.3, -0.25) is 9.59 Å². The van der Waals surface area contributed by atoms with Crippen molar-refractivity contribution in [1.82, 2.24) is 10.6 Å². The van der Waals surface area contributed by atoms with E-state index in [0.29, 0.717) is 24.5 Å². The molecule has 0 radical (unpaired) electrons. The van der Waals surface area contributed by atoms with Crippen molar-refractivity contribution < 1.29 is 9.59 Å². The predicted molar refractivity (Wildman–Crippen MR) is 72.3 cm³/mol. The smallest absolute Gasteiger partial charge is 0.243 e. The fourth-order valence-electron chi connectivity index (χ4n) is 0.871. The van der Waals surface area contributed by atoms with Crippen LogP contribution in [-0.2, 0) is 22.2 Å². The van der Waals surface area contributed by atoms with Crippen molar-refractivity contribution in [2.45, 2.75) is 12.5 Å². The summed E-state index contributed by atoms with van der Waals surface area (Å²) in [7, 11) is 0. The van der Waals surface area contributed by atoms with Crippen LogP contribution in [0.4, 0.5) is 0 Å². The fourth-order valence-corrected chi connectivity index (χ4v) is 1.46. The van der Waals surface area contributed by atoms with Gasteiger partial charge in [0.2, 0.25) is 11.8 Å². The van der Waals surface area contributed by atoms with Gasteiger partial charge >= 0.3 is 0 Å². The summed E-state index contributed by atoms with van der Waals surface area (Å²) >= 11 is 11.2. The highest BCUT2D eigenvalue weighted by Gasteiger charge is 2.18. The molecule has 0 saturated heterocycles. The summed E-state index contributed by atoms with van der Waals surface area (Å²) in [5.74, 6) is 1.03. The normalized spacial score (nSPS) is 11.9. The lowest BCUT2D eigenvalue weighted by Crippen LogP contribution is -2.48. The quantitative estimate of drug-likeness (QED) is 0.348. The van der Waals surface area contributed by atoms with Crippen LogP contribution in [-0.4, -0.2) is 41.7 Å². The Morgan fingerprint density at radius 3 is 2.47 bits per heavy atom. The highest BCUT2D eigenvalue weighted by molar-refractivity contribution is 7.80. The SMILES string of the molecule is O=C(CCS)NC(CS)C(=O)NCC[SH2+]. The van der Waals surface area contributed by atoms with Crippen LogP contribution in [0, 0.1) is 0 Å². The van der Waals surface area contributed by atoms with E-state index in [1.54, 1.807) is 0 Å². The van der Waals surface area contributed by atoms with Gasteiger partial charge in [-0.15, -0.1) is 0 Å². The third-order valence-corrected chi connectivity index (χ3v) is 2.44. The molecular weight excluding hydrogens is 252 g/mol. The van der Waals surface area contributed by atoms with E-state index >= 15 is 0 Å². The van der Waals surface area contributed by atoms with Crippen molar-refractivity contribution in [2.75, 3.05) is 23.8 Å². The van der Waals surface area contributed by atoms with Gasteiger partial charge in [0, 0.05) is 12.2 Å². The first-order valence-corrected chi connectivity index (χ1v) is 6.56. The Balaban J connectivity index is 4.00. The number of nitrogens with one attached hydrogen (secondary N) is 2. The van der Waals surface area contributed by atoms with Crippen molar-refractivity contribution in [3.63, 3.8) is 0 Å². The molecule has 0 aliphatic rings. The van der Waals surface area contributed by atoms with Gasteiger partial charge in [0.1, 0.15) is 11.8 Å². The van der Waals surface area contributed by atoms with Gasteiger partial charge in [-0.1, -0.05) is 0 Å². The van der Waals surface area contributed by atoms with E-state index in [1.807, 2.05) is 0 Å². The summed E-state index contributed by atoms with van der Waals surface area (Å²) in [6, 6.07) is -0.570. The van der Waals surface area contributed by atoms with Gasteiger partial charge < -0.3 is 10.6 Å². The molecule has 0 aromatic heterocycles. The molecule has 0 spiro atoms. The van der Waals surface area contributed by atoms with E-state index in [9.17, 15) is 9.59 Å². The minimum Gasteiger partial charge on any atom is -0.350 e. The van der Waals surface area contributed by atoms with Gasteiger partial charge in [-0.2, -0.15) is 25.3 Å². The van der Waals surface area contributed by atoms with E-state index in [2.05, 4.69) is 48.5 Å².